The average Bonchev–Trinajstić information content (AvgIpc) is 2.30. The molecular formula is C12H18N2O2. The molecule has 16 heavy (non-hydrogen) atoms. The molecule has 1 rings (SSSR count). The average molecular weight is 222 g/mol. The largest absolute Gasteiger partial charge is 0.465 e. The quantitative estimate of drug-likeness (QED) is 0.455. The molecule has 0 aliphatic rings. The molecule has 88 valence electrons. The van der Waals surface area contributed by atoms with Gasteiger partial charge in [0.2, 0.25) is 0 Å². The van der Waals surface area contributed by atoms with Crippen LogP contribution in [0.15, 0.2) is 18.2 Å². The second-order valence-corrected chi connectivity index (χ2v) is 3.58. The van der Waals surface area contributed by atoms with E-state index >= 15 is 0 Å². The van der Waals surface area contributed by atoms with E-state index in [1.54, 1.807) is 18.2 Å². The first-order valence-electron chi connectivity index (χ1n) is 5.40. The molecule has 0 fully saturated rings. The van der Waals surface area contributed by atoms with Gasteiger partial charge < -0.3 is 15.8 Å². The number of benzene rings is 1. The minimum atomic E-state index is -0.369. The van der Waals surface area contributed by atoms with Crippen LogP contribution in [0.5, 0.6) is 0 Å². The van der Waals surface area contributed by atoms with Crippen molar-refractivity contribution in [3.8, 4) is 0 Å². The third kappa shape index (κ3) is 3.15. The molecule has 0 bridgehead atoms. The molecule has 3 N–H and O–H groups in total. The summed E-state index contributed by atoms with van der Waals surface area (Å²) in [7, 11) is 1.36. The monoisotopic (exact) mass is 222 g/mol. The first kappa shape index (κ1) is 12.4. The Labute approximate surface area is 95.8 Å². The zero-order valence-corrected chi connectivity index (χ0v) is 9.75. The minimum Gasteiger partial charge on any atom is -0.465 e. The number of unbranched alkanes of at least 4 members (excludes halogenated alkanes) is 1. The van der Waals surface area contributed by atoms with E-state index in [0.29, 0.717) is 11.3 Å². The molecule has 0 aliphatic heterocycles. The molecule has 1 aromatic carbocycles. The number of ether oxygens (including phenoxy) is 1. The molecule has 0 aromatic heterocycles. The standard InChI is InChI=1S/C12H18N2O2/c1-3-4-7-14-11-6-5-9(13)8-10(11)12(15)16-2/h5-6,8,14H,3-4,7,13H2,1-2H3. The second-order valence-electron chi connectivity index (χ2n) is 3.58. The van der Waals surface area contributed by atoms with E-state index < -0.39 is 0 Å². The fourth-order valence-corrected chi connectivity index (χ4v) is 1.39. The molecule has 4 heteroatoms. The highest BCUT2D eigenvalue weighted by molar-refractivity contribution is 5.96. The second kappa shape index (κ2) is 6.00. The van der Waals surface area contributed by atoms with E-state index in [4.69, 9.17) is 10.5 Å². The number of carbonyl (C=O) groups is 1. The van der Waals surface area contributed by atoms with Crippen LogP contribution in [0.2, 0.25) is 0 Å². The Kier molecular flexibility index (Phi) is 4.64. The summed E-state index contributed by atoms with van der Waals surface area (Å²) >= 11 is 0. The normalized spacial score (nSPS) is 9.88. The Bertz CT molecular complexity index is 364. The number of esters is 1. The van der Waals surface area contributed by atoms with Crippen LogP contribution in [0.1, 0.15) is 30.1 Å². The van der Waals surface area contributed by atoms with Crippen molar-refractivity contribution in [2.45, 2.75) is 19.8 Å². The fourth-order valence-electron chi connectivity index (χ4n) is 1.39. The maximum atomic E-state index is 11.5. The van der Waals surface area contributed by atoms with Crippen LogP contribution < -0.4 is 11.1 Å². The summed E-state index contributed by atoms with van der Waals surface area (Å²) in [5, 5.41) is 3.20. The lowest BCUT2D eigenvalue weighted by Crippen LogP contribution is -2.09. The van der Waals surface area contributed by atoms with Crippen LogP contribution in [-0.2, 0) is 4.74 Å². The van der Waals surface area contributed by atoms with Gasteiger partial charge in [-0.3, -0.25) is 0 Å². The lowest BCUT2D eigenvalue weighted by molar-refractivity contribution is 0.0602. The van der Waals surface area contributed by atoms with Crippen molar-refractivity contribution >= 4 is 17.3 Å². The highest BCUT2D eigenvalue weighted by atomic mass is 16.5. The molecule has 0 aliphatic carbocycles. The minimum absolute atomic E-state index is 0.369. The van der Waals surface area contributed by atoms with Crippen LogP contribution >= 0.6 is 0 Å². The lowest BCUT2D eigenvalue weighted by Gasteiger charge is -2.10. The van der Waals surface area contributed by atoms with Crippen molar-refractivity contribution in [2.24, 2.45) is 0 Å². The number of carbonyl (C=O) groups excluding carboxylic acids is 1. The zero-order valence-electron chi connectivity index (χ0n) is 9.75. The van der Waals surface area contributed by atoms with Crippen LogP contribution in [0, 0.1) is 0 Å². The van der Waals surface area contributed by atoms with Gasteiger partial charge in [0.15, 0.2) is 0 Å². The van der Waals surface area contributed by atoms with Gasteiger partial charge in [0.05, 0.1) is 12.7 Å². The van der Waals surface area contributed by atoms with Crippen LogP contribution in [-0.4, -0.2) is 19.6 Å². The molecule has 0 saturated heterocycles. The van der Waals surface area contributed by atoms with Gasteiger partial charge in [0.25, 0.3) is 0 Å². The van der Waals surface area contributed by atoms with Gasteiger partial charge in [-0.1, -0.05) is 13.3 Å². The number of hydrogen-bond donors (Lipinski definition) is 2. The molecule has 1 aromatic rings. The number of hydrogen-bond acceptors (Lipinski definition) is 4. The van der Waals surface area contributed by atoms with E-state index in [1.807, 2.05) is 0 Å². The summed E-state index contributed by atoms with van der Waals surface area (Å²) < 4.78 is 4.70. The van der Waals surface area contributed by atoms with Gasteiger partial charge in [0, 0.05) is 17.9 Å². The molecule has 4 nitrogen and oxygen atoms in total. The van der Waals surface area contributed by atoms with Gasteiger partial charge in [-0.05, 0) is 24.6 Å². The highest BCUT2D eigenvalue weighted by Gasteiger charge is 2.11. The number of nitrogens with two attached hydrogens (primary N) is 1. The van der Waals surface area contributed by atoms with Gasteiger partial charge >= 0.3 is 5.97 Å². The predicted octanol–water partition coefficient (Wildman–Crippen LogP) is 2.27. The van der Waals surface area contributed by atoms with E-state index in [9.17, 15) is 4.79 Å². The summed E-state index contributed by atoms with van der Waals surface area (Å²) in [6.45, 7) is 2.95. The Hall–Kier alpha value is -1.71. The van der Waals surface area contributed by atoms with E-state index in [1.165, 1.54) is 7.11 Å². The van der Waals surface area contributed by atoms with Crippen LogP contribution in [0.3, 0.4) is 0 Å². The third-order valence-corrected chi connectivity index (χ3v) is 2.29. The molecule has 0 heterocycles. The number of nitrogens with one attached hydrogen (secondary N) is 1. The van der Waals surface area contributed by atoms with Crippen molar-refractivity contribution in [3.63, 3.8) is 0 Å². The maximum absolute atomic E-state index is 11.5. The molecular weight excluding hydrogens is 204 g/mol. The number of rotatable bonds is 5. The van der Waals surface area contributed by atoms with Gasteiger partial charge in [-0.25, -0.2) is 4.79 Å². The Morgan fingerprint density at radius 3 is 2.88 bits per heavy atom. The number of methoxy groups -OCH3 is 1. The van der Waals surface area contributed by atoms with Crippen molar-refractivity contribution in [1.82, 2.24) is 0 Å². The smallest absolute Gasteiger partial charge is 0.340 e. The molecule has 0 spiro atoms. The lowest BCUT2D eigenvalue weighted by atomic mass is 10.1. The van der Waals surface area contributed by atoms with E-state index in [2.05, 4.69) is 12.2 Å². The highest BCUT2D eigenvalue weighted by Crippen LogP contribution is 2.19. The molecule has 0 radical (unpaired) electrons. The molecule has 0 saturated carbocycles. The van der Waals surface area contributed by atoms with Crippen molar-refractivity contribution in [2.75, 3.05) is 24.7 Å². The third-order valence-electron chi connectivity index (χ3n) is 2.29. The first-order valence-corrected chi connectivity index (χ1v) is 5.40. The molecule has 0 amide bonds. The summed E-state index contributed by atoms with van der Waals surface area (Å²) in [5.41, 5.74) is 7.45. The van der Waals surface area contributed by atoms with Crippen molar-refractivity contribution < 1.29 is 9.53 Å². The summed E-state index contributed by atoms with van der Waals surface area (Å²) in [5.74, 6) is -0.369. The summed E-state index contributed by atoms with van der Waals surface area (Å²) in [4.78, 5) is 11.5. The van der Waals surface area contributed by atoms with Crippen molar-refractivity contribution in [3.05, 3.63) is 23.8 Å². The first-order chi connectivity index (χ1) is 7.69. The van der Waals surface area contributed by atoms with Gasteiger partial charge in [0.1, 0.15) is 0 Å². The van der Waals surface area contributed by atoms with Crippen LogP contribution in [0.25, 0.3) is 0 Å². The zero-order chi connectivity index (χ0) is 12.0. The molecule has 0 atom stereocenters. The van der Waals surface area contributed by atoms with Crippen LogP contribution in [0.4, 0.5) is 11.4 Å². The number of nitrogen functional groups attached to an aromatic ring is 1. The predicted molar refractivity (Wildman–Crippen MR) is 65.6 cm³/mol. The maximum Gasteiger partial charge on any atom is 0.340 e. The van der Waals surface area contributed by atoms with E-state index in [-0.39, 0.29) is 5.97 Å². The molecule has 0 unspecified atom stereocenters. The van der Waals surface area contributed by atoms with Gasteiger partial charge in [-0.2, -0.15) is 0 Å². The topological polar surface area (TPSA) is 64.3 Å². The number of anilines is 2. The van der Waals surface area contributed by atoms with Gasteiger partial charge in [-0.15, -0.1) is 0 Å². The Morgan fingerprint density at radius 1 is 1.50 bits per heavy atom. The fraction of sp³-hybridized carbons (Fsp3) is 0.417. The van der Waals surface area contributed by atoms with Crippen molar-refractivity contribution in [1.29, 1.82) is 0 Å². The van der Waals surface area contributed by atoms with E-state index in [0.717, 1.165) is 25.1 Å². The Balaban J connectivity index is 2.85. The summed E-state index contributed by atoms with van der Waals surface area (Å²) in [6.07, 6.45) is 2.17. The SMILES string of the molecule is CCCCNc1ccc(N)cc1C(=O)OC. The summed E-state index contributed by atoms with van der Waals surface area (Å²) in [6, 6.07) is 5.19. The Morgan fingerprint density at radius 2 is 2.25 bits per heavy atom.